The van der Waals surface area contributed by atoms with Crippen molar-refractivity contribution in [1.29, 1.82) is 0 Å². The summed E-state index contributed by atoms with van der Waals surface area (Å²) in [5, 5.41) is 6.28. The van der Waals surface area contributed by atoms with Crippen LogP contribution in [0.3, 0.4) is 0 Å². The Hall–Kier alpha value is -1.13. The van der Waals surface area contributed by atoms with E-state index in [2.05, 4.69) is 10.6 Å². The molecule has 0 bridgehead atoms. The summed E-state index contributed by atoms with van der Waals surface area (Å²) in [6, 6.07) is 6.87. The fourth-order valence-electron chi connectivity index (χ4n) is 2.45. The minimum atomic E-state index is -0.250. The Morgan fingerprint density at radius 2 is 2.35 bits per heavy atom. The summed E-state index contributed by atoms with van der Waals surface area (Å²) in [6.07, 6.45) is 2.70. The van der Waals surface area contributed by atoms with Gasteiger partial charge in [-0.1, -0.05) is 19.1 Å². The maximum Gasteiger partial charge on any atom is 0.220 e. The highest BCUT2D eigenvalue weighted by Gasteiger charge is 2.16. The molecule has 112 valence electrons. The lowest BCUT2D eigenvalue weighted by atomic mass is 9.97. The van der Waals surface area contributed by atoms with Crippen LogP contribution < -0.4 is 10.6 Å². The Balaban J connectivity index is 0.00000200. The molecule has 1 heterocycles. The molecule has 2 atom stereocenters. The number of benzene rings is 1. The van der Waals surface area contributed by atoms with Gasteiger partial charge in [-0.2, -0.15) is 0 Å². The van der Waals surface area contributed by atoms with Gasteiger partial charge >= 0.3 is 0 Å². The van der Waals surface area contributed by atoms with Crippen molar-refractivity contribution < 1.29 is 9.18 Å². The minimum Gasteiger partial charge on any atom is -0.355 e. The van der Waals surface area contributed by atoms with Crippen molar-refractivity contribution >= 4 is 18.3 Å². The van der Waals surface area contributed by atoms with E-state index in [4.69, 9.17) is 0 Å². The van der Waals surface area contributed by atoms with Crippen LogP contribution in [0, 0.1) is 5.82 Å². The molecular formula is C15H22ClFN2O. The average molecular weight is 301 g/mol. The molecule has 2 rings (SSSR count). The van der Waals surface area contributed by atoms with Crippen LogP contribution in [0.5, 0.6) is 0 Å². The van der Waals surface area contributed by atoms with Crippen molar-refractivity contribution in [2.45, 2.75) is 38.1 Å². The van der Waals surface area contributed by atoms with Crippen LogP contribution in [0.15, 0.2) is 24.3 Å². The van der Waals surface area contributed by atoms with Crippen LogP contribution in [0.2, 0.25) is 0 Å². The van der Waals surface area contributed by atoms with Gasteiger partial charge in [-0.3, -0.25) is 4.79 Å². The van der Waals surface area contributed by atoms with Crippen LogP contribution >= 0.6 is 12.4 Å². The molecule has 0 aliphatic carbocycles. The van der Waals surface area contributed by atoms with Crippen LogP contribution in [-0.2, 0) is 4.79 Å². The van der Waals surface area contributed by atoms with E-state index in [1.165, 1.54) is 18.6 Å². The van der Waals surface area contributed by atoms with E-state index < -0.39 is 0 Å². The average Bonchev–Trinajstić information content (AvgIpc) is 2.89. The maximum absolute atomic E-state index is 13.1. The van der Waals surface area contributed by atoms with Crippen molar-refractivity contribution in [3.63, 3.8) is 0 Å². The molecule has 0 saturated carbocycles. The van der Waals surface area contributed by atoms with Gasteiger partial charge in [0.2, 0.25) is 5.91 Å². The summed E-state index contributed by atoms with van der Waals surface area (Å²) >= 11 is 0. The van der Waals surface area contributed by atoms with Gasteiger partial charge in [0.25, 0.3) is 0 Å². The monoisotopic (exact) mass is 300 g/mol. The van der Waals surface area contributed by atoms with Gasteiger partial charge in [-0.15, -0.1) is 12.4 Å². The first-order chi connectivity index (χ1) is 9.15. The summed E-state index contributed by atoms with van der Waals surface area (Å²) in [5.74, 6) is -0.183. The third kappa shape index (κ3) is 5.10. The van der Waals surface area contributed by atoms with Gasteiger partial charge in [-0.25, -0.2) is 4.39 Å². The molecule has 2 N–H and O–H groups in total. The first-order valence-corrected chi connectivity index (χ1v) is 6.90. The van der Waals surface area contributed by atoms with Crippen LogP contribution in [-0.4, -0.2) is 25.0 Å². The van der Waals surface area contributed by atoms with Crippen LogP contribution in [0.4, 0.5) is 4.39 Å². The van der Waals surface area contributed by atoms with E-state index in [-0.39, 0.29) is 30.0 Å². The highest BCUT2D eigenvalue weighted by molar-refractivity contribution is 5.85. The molecule has 1 aliphatic heterocycles. The molecule has 1 aliphatic rings. The topological polar surface area (TPSA) is 41.1 Å². The molecule has 5 heteroatoms. The number of halogens is 2. The van der Waals surface area contributed by atoms with E-state index in [0.717, 1.165) is 18.5 Å². The molecule has 0 spiro atoms. The number of hydrogen-bond donors (Lipinski definition) is 2. The standard InChI is InChI=1S/C15H21FN2O.ClH/c1-11(12-4-2-5-13(16)9-12)8-15(19)18-10-14-6-3-7-17-14;/h2,4-5,9,11,14,17H,3,6-8,10H2,1H3,(H,18,19);1H. The first kappa shape index (κ1) is 16.9. The highest BCUT2D eigenvalue weighted by atomic mass is 35.5. The summed E-state index contributed by atoms with van der Waals surface area (Å²) in [7, 11) is 0. The van der Waals surface area contributed by atoms with E-state index in [1.54, 1.807) is 6.07 Å². The zero-order chi connectivity index (χ0) is 13.7. The third-order valence-corrected chi connectivity index (χ3v) is 3.62. The SMILES string of the molecule is CC(CC(=O)NCC1CCCN1)c1cccc(F)c1.Cl. The number of carbonyl (C=O) groups excluding carboxylic acids is 1. The molecule has 1 aromatic rings. The van der Waals surface area contributed by atoms with E-state index >= 15 is 0 Å². The Morgan fingerprint density at radius 3 is 3.00 bits per heavy atom. The largest absolute Gasteiger partial charge is 0.355 e. The number of carbonyl (C=O) groups is 1. The highest BCUT2D eigenvalue weighted by Crippen LogP contribution is 2.19. The van der Waals surface area contributed by atoms with Crippen LogP contribution in [0.25, 0.3) is 0 Å². The molecule has 1 fully saturated rings. The second-order valence-electron chi connectivity index (χ2n) is 5.26. The molecule has 2 unspecified atom stereocenters. The molecule has 3 nitrogen and oxygen atoms in total. The second kappa shape index (κ2) is 8.22. The van der Waals surface area contributed by atoms with Crippen molar-refractivity contribution in [2.24, 2.45) is 0 Å². The van der Waals surface area contributed by atoms with Crippen molar-refractivity contribution in [3.05, 3.63) is 35.6 Å². The van der Waals surface area contributed by atoms with Gasteiger partial charge in [0, 0.05) is 19.0 Å². The lowest BCUT2D eigenvalue weighted by Crippen LogP contribution is -2.37. The Bertz CT molecular complexity index is 436. The molecule has 1 aromatic carbocycles. The zero-order valence-corrected chi connectivity index (χ0v) is 12.5. The van der Waals surface area contributed by atoms with E-state index in [0.29, 0.717) is 19.0 Å². The predicted octanol–water partition coefficient (Wildman–Crippen LogP) is 2.61. The molecule has 0 radical (unpaired) electrons. The molecular weight excluding hydrogens is 279 g/mol. The fourth-order valence-corrected chi connectivity index (χ4v) is 2.45. The van der Waals surface area contributed by atoms with E-state index in [1.807, 2.05) is 13.0 Å². The predicted molar refractivity (Wildman–Crippen MR) is 80.7 cm³/mol. The summed E-state index contributed by atoms with van der Waals surface area (Å²) in [6.45, 7) is 3.68. The van der Waals surface area contributed by atoms with Crippen molar-refractivity contribution in [1.82, 2.24) is 10.6 Å². The Morgan fingerprint density at radius 1 is 1.55 bits per heavy atom. The zero-order valence-electron chi connectivity index (χ0n) is 11.7. The van der Waals surface area contributed by atoms with Gasteiger partial charge in [0.1, 0.15) is 5.82 Å². The first-order valence-electron chi connectivity index (χ1n) is 6.90. The number of nitrogens with one attached hydrogen (secondary N) is 2. The van der Waals surface area contributed by atoms with Gasteiger partial charge in [0.05, 0.1) is 0 Å². The molecule has 1 saturated heterocycles. The van der Waals surface area contributed by atoms with Crippen molar-refractivity contribution in [2.75, 3.05) is 13.1 Å². The normalized spacial score (nSPS) is 19.2. The van der Waals surface area contributed by atoms with Gasteiger partial charge in [-0.05, 0) is 43.0 Å². The van der Waals surface area contributed by atoms with Gasteiger partial charge < -0.3 is 10.6 Å². The molecule has 0 aromatic heterocycles. The summed E-state index contributed by atoms with van der Waals surface area (Å²) in [4.78, 5) is 11.8. The Labute approximate surface area is 125 Å². The second-order valence-corrected chi connectivity index (χ2v) is 5.26. The fraction of sp³-hybridized carbons (Fsp3) is 0.533. The number of amides is 1. The van der Waals surface area contributed by atoms with Gasteiger partial charge in [0.15, 0.2) is 0 Å². The summed E-state index contributed by atoms with van der Waals surface area (Å²) < 4.78 is 13.1. The Kier molecular flexibility index (Phi) is 6.96. The minimum absolute atomic E-state index is 0. The van der Waals surface area contributed by atoms with Crippen LogP contribution in [0.1, 0.15) is 37.7 Å². The smallest absolute Gasteiger partial charge is 0.220 e. The van der Waals surface area contributed by atoms with Crippen molar-refractivity contribution in [3.8, 4) is 0 Å². The third-order valence-electron chi connectivity index (χ3n) is 3.62. The number of hydrogen-bond acceptors (Lipinski definition) is 2. The summed E-state index contributed by atoms with van der Waals surface area (Å²) in [5.41, 5.74) is 0.870. The number of rotatable bonds is 5. The lowest BCUT2D eigenvalue weighted by molar-refractivity contribution is -0.121. The lowest BCUT2D eigenvalue weighted by Gasteiger charge is -2.14. The maximum atomic E-state index is 13.1. The molecule has 20 heavy (non-hydrogen) atoms. The quantitative estimate of drug-likeness (QED) is 0.877. The molecule has 1 amide bonds. The van der Waals surface area contributed by atoms with E-state index in [9.17, 15) is 9.18 Å².